The molecule has 1 aliphatic heterocycles. The zero-order valence-corrected chi connectivity index (χ0v) is 13.1. The lowest BCUT2D eigenvalue weighted by Gasteiger charge is -2.24. The van der Waals surface area contributed by atoms with E-state index in [1.165, 1.54) is 0 Å². The normalized spacial score (nSPS) is 13.7. The monoisotopic (exact) mass is 267 g/mol. The minimum absolute atomic E-state index is 0.292. The minimum Gasteiger partial charge on any atom is -0.443 e. The number of fused-ring (bicyclic) bond motifs is 1. The van der Waals surface area contributed by atoms with Gasteiger partial charge in [0.05, 0.1) is 18.8 Å². The number of rotatable bonds is 0. The fraction of sp³-hybridized carbons (Fsp3) is 0.714. The third-order valence-electron chi connectivity index (χ3n) is 2.80. The summed E-state index contributed by atoms with van der Waals surface area (Å²) in [6.45, 7) is 14.9. The number of anilines is 1. The van der Waals surface area contributed by atoms with Crippen LogP contribution in [-0.2, 0) is 11.3 Å². The van der Waals surface area contributed by atoms with Crippen LogP contribution in [0.4, 0.5) is 10.6 Å². The molecule has 1 amide bonds. The molecule has 0 spiro atoms. The third kappa shape index (κ3) is 3.28. The van der Waals surface area contributed by atoms with Gasteiger partial charge in [0, 0.05) is 5.56 Å². The highest BCUT2D eigenvalue weighted by Gasteiger charge is 2.32. The van der Waals surface area contributed by atoms with E-state index in [1.807, 2.05) is 53.1 Å². The van der Waals surface area contributed by atoms with Crippen molar-refractivity contribution in [1.29, 1.82) is 0 Å². The molecule has 0 aromatic carbocycles. The molecule has 19 heavy (non-hydrogen) atoms. The molecule has 2 heterocycles. The molecule has 5 nitrogen and oxygen atoms in total. The van der Waals surface area contributed by atoms with E-state index >= 15 is 0 Å². The maximum atomic E-state index is 12.0. The van der Waals surface area contributed by atoms with Crippen molar-refractivity contribution in [3.8, 4) is 0 Å². The van der Waals surface area contributed by atoms with Gasteiger partial charge in [0.25, 0.3) is 0 Å². The van der Waals surface area contributed by atoms with Crippen LogP contribution in [0.2, 0.25) is 0 Å². The van der Waals surface area contributed by atoms with Crippen molar-refractivity contribution in [1.82, 2.24) is 9.78 Å². The van der Waals surface area contributed by atoms with E-state index in [-0.39, 0.29) is 6.09 Å². The lowest BCUT2D eigenvalue weighted by molar-refractivity contribution is 0.0584. The van der Waals surface area contributed by atoms with Gasteiger partial charge in [-0.1, -0.05) is 13.8 Å². The summed E-state index contributed by atoms with van der Waals surface area (Å²) in [5.41, 5.74) is 1.55. The van der Waals surface area contributed by atoms with Crippen molar-refractivity contribution in [2.45, 2.75) is 60.6 Å². The van der Waals surface area contributed by atoms with Gasteiger partial charge >= 0.3 is 6.09 Å². The average Bonchev–Trinajstić information content (AvgIpc) is 2.82. The van der Waals surface area contributed by atoms with E-state index in [4.69, 9.17) is 4.74 Å². The Kier molecular flexibility index (Phi) is 4.61. The van der Waals surface area contributed by atoms with E-state index in [0.717, 1.165) is 23.6 Å². The summed E-state index contributed by atoms with van der Waals surface area (Å²) in [5.74, 6) is 0.872. The molecule has 108 valence electrons. The average molecular weight is 267 g/mol. The molecular weight excluding hydrogens is 242 g/mol. The van der Waals surface area contributed by atoms with Crippen LogP contribution in [0.25, 0.3) is 0 Å². The summed E-state index contributed by atoms with van der Waals surface area (Å²) in [4.78, 5) is 13.7. The summed E-state index contributed by atoms with van der Waals surface area (Å²) >= 11 is 0. The van der Waals surface area contributed by atoms with Gasteiger partial charge in [0.1, 0.15) is 11.4 Å². The zero-order chi connectivity index (χ0) is 14.8. The summed E-state index contributed by atoms with van der Waals surface area (Å²) in [5, 5.41) is 4.39. The fourth-order valence-corrected chi connectivity index (χ4v) is 1.95. The Morgan fingerprint density at radius 2 is 1.79 bits per heavy atom. The van der Waals surface area contributed by atoms with E-state index in [0.29, 0.717) is 6.54 Å². The molecule has 0 unspecified atom stereocenters. The maximum Gasteiger partial charge on any atom is 0.416 e. The van der Waals surface area contributed by atoms with Crippen molar-refractivity contribution in [2.24, 2.45) is 0 Å². The van der Waals surface area contributed by atoms with E-state index in [9.17, 15) is 4.79 Å². The molecule has 0 aliphatic carbocycles. The Morgan fingerprint density at radius 3 is 2.32 bits per heavy atom. The quantitative estimate of drug-likeness (QED) is 0.724. The number of carbonyl (C=O) groups is 1. The number of hydrogen-bond donors (Lipinski definition) is 0. The minimum atomic E-state index is -0.465. The Hall–Kier alpha value is -1.52. The molecule has 1 aromatic heterocycles. The van der Waals surface area contributed by atoms with Crippen LogP contribution in [0, 0.1) is 13.8 Å². The number of aromatic nitrogens is 2. The first-order valence-electron chi connectivity index (χ1n) is 6.84. The molecule has 0 radical (unpaired) electrons. The first-order chi connectivity index (χ1) is 8.79. The van der Waals surface area contributed by atoms with Crippen LogP contribution in [-0.4, -0.2) is 28.0 Å². The van der Waals surface area contributed by atoms with Gasteiger partial charge in [-0.3, -0.25) is 4.90 Å². The molecule has 5 heteroatoms. The molecule has 0 N–H and O–H groups in total. The first kappa shape index (κ1) is 15.5. The van der Waals surface area contributed by atoms with Crippen molar-refractivity contribution in [3.05, 3.63) is 11.3 Å². The second-order valence-corrected chi connectivity index (χ2v) is 5.39. The molecule has 0 saturated carbocycles. The highest BCUT2D eigenvalue weighted by atomic mass is 16.6. The predicted molar refractivity (Wildman–Crippen MR) is 76.6 cm³/mol. The molecule has 0 atom stereocenters. The van der Waals surface area contributed by atoms with Crippen LogP contribution < -0.4 is 4.90 Å². The predicted octanol–water partition coefficient (Wildman–Crippen LogP) is 3.28. The van der Waals surface area contributed by atoms with Crippen LogP contribution in [0.15, 0.2) is 0 Å². The lowest BCUT2D eigenvalue weighted by atomic mass is 10.2. The number of carbonyl (C=O) groups excluding carboxylic acids is 1. The Labute approximate surface area is 115 Å². The topological polar surface area (TPSA) is 47.4 Å². The summed E-state index contributed by atoms with van der Waals surface area (Å²) in [7, 11) is 0. The fourth-order valence-electron chi connectivity index (χ4n) is 1.95. The van der Waals surface area contributed by atoms with Crippen LogP contribution in [0.1, 0.15) is 45.9 Å². The molecular formula is C14H25N3O2. The molecule has 1 aromatic rings. The van der Waals surface area contributed by atoms with Crippen LogP contribution in [0.5, 0.6) is 0 Å². The van der Waals surface area contributed by atoms with Crippen molar-refractivity contribution >= 4 is 11.9 Å². The number of nitrogens with zero attached hydrogens (tertiary/aromatic N) is 3. The Bertz CT molecular complexity index is 458. The number of hydrogen-bond acceptors (Lipinski definition) is 3. The van der Waals surface area contributed by atoms with Crippen molar-refractivity contribution in [2.75, 3.05) is 11.4 Å². The standard InChI is InChI=1S/C12H19N3O2.C2H6/c1-8-9(2)13-15-7-6-14(10(8)15)11(16)17-12(3,4)5;1-2/h6-7H2,1-5H3;1-2H3. The number of amides is 1. The number of aryl methyl sites for hydroxylation is 1. The van der Waals surface area contributed by atoms with Gasteiger partial charge in [0.2, 0.25) is 0 Å². The first-order valence-corrected chi connectivity index (χ1v) is 6.84. The van der Waals surface area contributed by atoms with E-state index in [2.05, 4.69) is 5.10 Å². The summed E-state index contributed by atoms with van der Waals surface area (Å²) in [6, 6.07) is 0. The molecule has 0 bridgehead atoms. The SMILES string of the molecule is CC.Cc1nn2c(c1C)N(C(=O)OC(C)(C)C)CC2. The molecule has 0 fully saturated rings. The van der Waals surface area contributed by atoms with Gasteiger partial charge < -0.3 is 4.74 Å². The lowest BCUT2D eigenvalue weighted by Crippen LogP contribution is -2.36. The molecule has 0 saturated heterocycles. The maximum absolute atomic E-state index is 12.0. The summed E-state index contributed by atoms with van der Waals surface area (Å²) in [6.07, 6.45) is -0.292. The summed E-state index contributed by atoms with van der Waals surface area (Å²) < 4.78 is 7.26. The Balaban J connectivity index is 0.000000861. The van der Waals surface area contributed by atoms with Crippen LogP contribution >= 0.6 is 0 Å². The van der Waals surface area contributed by atoms with Gasteiger partial charge in [-0.05, 0) is 34.6 Å². The molecule has 2 rings (SSSR count). The van der Waals surface area contributed by atoms with Crippen LogP contribution in [0.3, 0.4) is 0 Å². The highest BCUT2D eigenvalue weighted by molar-refractivity contribution is 5.88. The van der Waals surface area contributed by atoms with Crippen molar-refractivity contribution in [3.63, 3.8) is 0 Å². The second kappa shape index (κ2) is 5.63. The van der Waals surface area contributed by atoms with Gasteiger partial charge in [-0.15, -0.1) is 0 Å². The largest absolute Gasteiger partial charge is 0.443 e. The van der Waals surface area contributed by atoms with Gasteiger partial charge in [-0.25, -0.2) is 9.48 Å². The zero-order valence-electron chi connectivity index (χ0n) is 13.1. The van der Waals surface area contributed by atoms with E-state index in [1.54, 1.807) is 4.90 Å². The second-order valence-electron chi connectivity index (χ2n) is 5.39. The number of ether oxygens (including phenoxy) is 1. The van der Waals surface area contributed by atoms with Gasteiger partial charge in [0.15, 0.2) is 0 Å². The Morgan fingerprint density at radius 1 is 1.21 bits per heavy atom. The smallest absolute Gasteiger partial charge is 0.416 e. The molecule has 1 aliphatic rings. The highest BCUT2D eigenvalue weighted by Crippen LogP contribution is 2.28. The van der Waals surface area contributed by atoms with Crippen molar-refractivity contribution < 1.29 is 9.53 Å². The third-order valence-corrected chi connectivity index (χ3v) is 2.80. The van der Waals surface area contributed by atoms with Gasteiger partial charge in [-0.2, -0.15) is 5.10 Å². The van der Waals surface area contributed by atoms with E-state index < -0.39 is 5.60 Å².